The monoisotopic (exact) mass is 423 g/mol. The predicted octanol–water partition coefficient (Wildman–Crippen LogP) is 3.90. The van der Waals surface area contributed by atoms with E-state index in [0.29, 0.717) is 22.9 Å². The maximum atomic E-state index is 12.7. The number of ether oxygens (including phenoxy) is 1. The third kappa shape index (κ3) is 4.78. The van der Waals surface area contributed by atoms with Crippen molar-refractivity contribution in [1.29, 1.82) is 0 Å². The van der Waals surface area contributed by atoms with Gasteiger partial charge in [0.15, 0.2) is 5.78 Å². The van der Waals surface area contributed by atoms with E-state index in [2.05, 4.69) is 23.6 Å². The summed E-state index contributed by atoms with van der Waals surface area (Å²) in [6, 6.07) is 14.2. The van der Waals surface area contributed by atoms with Crippen LogP contribution in [0.25, 0.3) is 0 Å². The number of carbonyl (C=O) groups excluding carboxylic acids is 1. The molecular formula is C24H29N3O4. The number of nitrogens with zero attached hydrogens (tertiary/aromatic N) is 3. The summed E-state index contributed by atoms with van der Waals surface area (Å²) < 4.78 is 5.85. The Balaban J connectivity index is 1.48. The first kappa shape index (κ1) is 21.5. The Morgan fingerprint density at radius 3 is 2.26 bits per heavy atom. The SMILES string of the molecule is CC1CN(C2CCN(c3ccc(C(=O)c4ccccc4)cc3[N+](=O)[O-])CC2)CC(C)O1. The van der Waals surface area contributed by atoms with Crippen molar-refractivity contribution in [2.24, 2.45) is 0 Å². The van der Waals surface area contributed by atoms with Gasteiger partial charge in [-0.05, 0) is 38.8 Å². The summed E-state index contributed by atoms with van der Waals surface area (Å²) in [6.45, 7) is 7.62. The van der Waals surface area contributed by atoms with E-state index < -0.39 is 0 Å². The fourth-order valence-electron chi connectivity index (χ4n) is 4.82. The van der Waals surface area contributed by atoms with Crippen LogP contribution in [0.15, 0.2) is 48.5 Å². The lowest BCUT2D eigenvalue weighted by atomic mass is 9.99. The second kappa shape index (κ2) is 9.16. The number of piperidine rings is 1. The quantitative estimate of drug-likeness (QED) is 0.412. The van der Waals surface area contributed by atoms with Crippen LogP contribution >= 0.6 is 0 Å². The van der Waals surface area contributed by atoms with Crippen LogP contribution in [0.4, 0.5) is 11.4 Å². The molecule has 31 heavy (non-hydrogen) atoms. The zero-order valence-electron chi connectivity index (χ0n) is 18.1. The van der Waals surface area contributed by atoms with E-state index in [4.69, 9.17) is 4.74 Å². The molecule has 0 aromatic heterocycles. The van der Waals surface area contributed by atoms with Crippen LogP contribution in [0.5, 0.6) is 0 Å². The molecule has 2 aromatic carbocycles. The van der Waals surface area contributed by atoms with Crippen molar-refractivity contribution in [3.63, 3.8) is 0 Å². The molecule has 0 N–H and O–H groups in total. The number of benzene rings is 2. The standard InChI is InChI=1S/C24H29N3O4/c1-17-15-26(16-18(2)31-17)21-10-12-25(13-11-21)22-9-8-20(14-23(22)27(29)30)24(28)19-6-4-3-5-7-19/h3-9,14,17-18,21H,10-13,15-16H2,1-2H3. The van der Waals surface area contributed by atoms with Gasteiger partial charge in [-0.3, -0.25) is 19.8 Å². The van der Waals surface area contributed by atoms with Gasteiger partial charge in [-0.2, -0.15) is 0 Å². The van der Waals surface area contributed by atoms with Crippen LogP contribution in [0.1, 0.15) is 42.6 Å². The van der Waals surface area contributed by atoms with Gasteiger partial charge in [0.2, 0.25) is 0 Å². The third-order valence-electron chi connectivity index (χ3n) is 6.24. The largest absolute Gasteiger partial charge is 0.373 e. The van der Waals surface area contributed by atoms with Crippen molar-refractivity contribution in [3.8, 4) is 0 Å². The number of morpholine rings is 1. The van der Waals surface area contributed by atoms with Crippen LogP contribution < -0.4 is 4.90 Å². The number of hydrogen-bond acceptors (Lipinski definition) is 6. The first-order chi connectivity index (χ1) is 14.9. The highest BCUT2D eigenvalue weighted by Crippen LogP contribution is 2.33. The smallest absolute Gasteiger partial charge is 0.293 e. The van der Waals surface area contributed by atoms with Crippen LogP contribution in [-0.2, 0) is 4.74 Å². The molecule has 0 aliphatic carbocycles. The first-order valence-corrected chi connectivity index (χ1v) is 10.9. The molecule has 2 aliphatic heterocycles. The third-order valence-corrected chi connectivity index (χ3v) is 6.24. The summed E-state index contributed by atoms with van der Waals surface area (Å²) in [5, 5.41) is 11.8. The van der Waals surface area contributed by atoms with Crippen LogP contribution in [-0.4, -0.2) is 60.0 Å². The van der Waals surface area contributed by atoms with E-state index in [0.717, 1.165) is 39.0 Å². The summed E-state index contributed by atoms with van der Waals surface area (Å²) in [6.07, 6.45) is 2.39. The number of nitro benzene ring substituents is 1. The van der Waals surface area contributed by atoms with E-state index in [9.17, 15) is 14.9 Å². The van der Waals surface area contributed by atoms with Crippen molar-refractivity contribution in [3.05, 3.63) is 69.8 Å². The van der Waals surface area contributed by atoms with Gasteiger partial charge in [0.05, 0.1) is 17.1 Å². The molecule has 2 fully saturated rings. The lowest BCUT2D eigenvalue weighted by Crippen LogP contribution is -2.53. The molecule has 2 unspecified atom stereocenters. The molecule has 0 amide bonds. The molecule has 0 spiro atoms. The summed E-state index contributed by atoms with van der Waals surface area (Å²) in [5.41, 5.74) is 1.46. The maximum absolute atomic E-state index is 12.7. The predicted molar refractivity (Wildman–Crippen MR) is 120 cm³/mol. The van der Waals surface area contributed by atoms with Crippen molar-refractivity contribution in [2.75, 3.05) is 31.1 Å². The molecule has 0 bridgehead atoms. The molecule has 2 aliphatic rings. The average molecular weight is 424 g/mol. The fraction of sp³-hybridized carbons (Fsp3) is 0.458. The molecule has 7 heteroatoms. The zero-order chi connectivity index (χ0) is 22.0. The Bertz CT molecular complexity index is 931. The van der Waals surface area contributed by atoms with E-state index in [1.165, 1.54) is 6.07 Å². The Labute approximate surface area is 182 Å². The van der Waals surface area contributed by atoms with Gasteiger partial charge in [0.25, 0.3) is 5.69 Å². The van der Waals surface area contributed by atoms with Crippen molar-refractivity contribution < 1.29 is 14.5 Å². The van der Waals surface area contributed by atoms with E-state index in [-0.39, 0.29) is 28.6 Å². The molecule has 2 heterocycles. The first-order valence-electron chi connectivity index (χ1n) is 10.9. The van der Waals surface area contributed by atoms with Gasteiger partial charge in [-0.15, -0.1) is 0 Å². The van der Waals surface area contributed by atoms with Gasteiger partial charge in [0, 0.05) is 49.4 Å². The average Bonchev–Trinajstić information content (AvgIpc) is 2.78. The van der Waals surface area contributed by atoms with Gasteiger partial charge < -0.3 is 9.64 Å². The maximum Gasteiger partial charge on any atom is 0.293 e. The van der Waals surface area contributed by atoms with Crippen molar-refractivity contribution in [1.82, 2.24) is 4.90 Å². The minimum Gasteiger partial charge on any atom is -0.373 e. The molecule has 2 atom stereocenters. The normalized spacial score (nSPS) is 23.0. The number of hydrogen-bond donors (Lipinski definition) is 0. The molecule has 4 rings (SSSR count). The highest BCUT2D eigenvalue weighted by atomic mass is 16.6. The summed E-state index contributed by atoms with van der Waals surface area (Å²) in [5.74, 6) is -0.204. The van der Waals surface area contributed by atoms with Gasteiger partial charge >= 0.3 is 0 Å². The Hall–Kier alpha value is -2.77. The lowest BCUT2D eigenvalue weighted by Gasteiger charge is -2.44. The summed E-state index contributed by atoms with van der Waals surface area (Å²) >= 11 is 0. The number of ketones is 1. The number of nitro groups is 1. The minimum absolute atomic E-state index is 0.00570. The number of anilines is 1. The zero-order valence-corrected chi connectivity index (χ0v) is 18.1. The Morgan fingerprint density at radius 1 is 1.00 bits per heavy atom. The van der Waals surface area contributed by atoms with Gasteiger partial charge in [-0.1, -0.05) is 30.3 Å². The van der Waals surface area contributed by atoms with Crippen LogP contribution in [0.2, 0.25) is 0 Å². The van der Waals surface area contributed by atoms with E-state index in [1.807, 2.05) is 6.07 Å². The minimum atomic E-state index is -0.380. The second-order valence-corrected chi connectivity index (χ2v) is 8.59. The fourth-order valence-corrected chi connectivity index (χ4v) is 4.82. The van der Waals surface area contributed by atoms with Crippen LogP contribution in [0, 0.1) is 10.1 Å². The molecule has 0 radical (unpaired) electrons. The number of rotatable bonds is 5. The molecule has 2 aromatic rings. The molecule has 0 saturated carbocycles. The molecular weight excluding hydrogens is 394 g/mol. The summed E-state index contributed by atoms with van der Waals surface area (Å²) in [7, 11) is 0. The Morgan fingerprint density at radius 2 is 1.65 bits per heavy atom. The van der Waals surface area contributed by atoms with E-state index in [1.54, 1.807) is 36.4 Å². The molecule has 7 nitrogen and oxygen atoms in total. The highest BCUT2D eigenvalue weighted by Gasteiger charge is 2.32. The van der Waals surface area contributed by atoms with E-state index >= 15 is 0 Å². The Kier molecular flexibility index (Phi) is 6.34. The van der Waals surface area contributed by atoms with Crippen molar-refractivity contribution in [2.45, 2.75) is 44.9 Å². The van der Waals surface area contributed by atoms with Crippen molar-refractivity contribution >= 4 is 17.2 Å². The van der Waals surface area contributed by atoms with Crippen LogP contribution in [0.3, 0.4) is 0 Å². The van der Waals surface area contributed by atoms with Gasteiger partial charge in [0.1, 0.15) is 5.69 Å². The lowest BCUT2D eigenvalue weighted by molar-refractivity contribution is -0.384. The summed E-state index contributed by atoms with van der Waals surface area (Å²) in [4.78, 5) is 28.7. The second-order valence-electron chi connectivity index (χ2n) is 8.59. The number of carbonyl (C=O) groups is 1. The van der Waals surface area contributed by atoms with Gasteiger partial charge in [-0.25, -0.2) is 0 Å². The molecule has 164 valence electrons. The molecule has 2 saturated heterocycles. The topological polar surface area (TPSA) is 75.9 Å². The highest BCUT2D eigenvalue weighted by molar-refractivity contribution is 6.09.